The molecule has 0 radical (unpaired) electrons. The molecule has 0 spiro atoms. The van der Waals surface area contributed by atoms with Gasteiger partial charge in [0.15, 0.2) is 5.88 Å². The summed E-state index contributed by atoms with van der Waals surface area (Å²) in [5.74, 6) is -5.15. The number of nitrogen functional groups attached to an aromatic ring is 1. The topological polar surface area (TPSA) is 82.5 Å². The second-order valence-electron chi connectivity index (χ2n) is 3.17. The third-order valence-corrected chi connectivity index (χ3v) is 1.97. The number of carbonyl (C=O) groups is 2. The van der Waals surface area contributed by atoms with Gasteiger partial charge in [-0.25, -0.2) is 4.79 Å². The Morgan fingerprint density at radius 1 is 1.47 bits per heavy atom. The van der Waals surface area contributed by atoms with Crippen LogP contribution in [0.5, 0.6) is 0 Å². The van der Waals surface area contributed by atoms with Gasteiger partial charge in [-0.3, -0.25) is 4.79 Å². The lowest BCUT2D eigenvalue weighted by atomic mass is 10.0. The van der Waals surface area contributed by atoms with Gasteiger partial charge in [0.25, 0.3) is 0 Å². The van der Waals surface area contributed by atoms with E-state index < -0.39 is 24.0 Å². The van der Waals surface area contributed by atoms with E-state index in [-0.39, 0.29) is 11.4 Å². The van der Waals surface area contributed by atoms with Crippen LogP contribution in [0.15, 0.2) is 16.7 Å². The molecular weight excluding hydrogens is 243 g/mol. The van der Waals surface area contributed by atoms with E-state index >= 15 is 0 Å². The number of esters is 2. The van der Waals surface area contributed by atoms with Gasteiger partial charge >= 0.3 is 18.1 Å². The summed E-state index contributed by atoms with van der Waals surface area (Å²) in [5, 5.41) is 0. The van der Waals surface area contributed by atoms with E-state index in [1.807, 2.05) is 0 Å². The molecule has 1 atom stereocenters. The van der Waals surface area contributed by atoms with Gasteiger partial charge in [0.2, 0.25) is 0 Å². The number of rotatable bonds is 2. The summed E-state index contributed by atoms with van der Waals surface area (Å²) < 4.78 is 43.8. The number of hydrogen-bond acceptors (Lipinski definition) is 5. The van der Waals surface area contributed by atoms with Crippen molar-refractivity contribution in [2.75, 3.05) is 5.73 Å². The molecule has 1 heterocycles. The summed E-state index contributed by atoms with van der Waals surface area (Å²) in [6.45, 7) is 1.24. The monoisotopic (exact) mass is 251 g/mol. The molecule has 0 aliphatic heterocycles. The number of hydrogen-bond donors (Lipinski definition) is 1. The Morgan fingerprint density at radius 3 is 2.47 bits per heavy atom. The summed E-state index contributed by atoms with van der Waals surface area (Å²) in [6, 6.07) is 1.30. The van der Waals surface area contributed by atoms with Crippen molar-refractivity contribution in [3.63, 3.8) is 0 Å². The van der Waals surface area contributed by atoms with Crippen LogP contribution in [-0.4, -0.2) is 18.1 Å². The lowest BCUT2D eigenvalue weighted by Crippen LogP contribution is -2.29. The number of ether oxygens (including phenoxy) is 1. The minimum atomic E-state index is -5.21. The van der Waals surface area contributed by atoms with Crippen LogP contribution < -0.4 is 5.73 Å². The molecule has 1 rings (SSSR count). The first-order chi connectivity index (χ1) is 7.73. The van der Waals surface area contributed by atoms with Gasteiger partial charge in [-0.05, 0) is 13.0 Å². The maximum atomic E-state index is 11.8. The highest BCUT2D eigenvalue weighted by Gasteiger charge is 2.43. The molecule has 0 aromatic carbocycles. The summed E-state index contributed by atoms with van der Waals surface area (Å²) in [5.41, 5.74) is 5.47. The van der Waals surface area contributed by atoms with Gasteiger partial charge in [-0.15, -0.1) is 0 Å². The van der Waals surface area contributed by atoms with Crippen molar-refractivity contribution < 1.29 is 31.9 Å². The summed E-state index contributed by atoms with van der Waals surface area (Å²) in [7, 11) is 0. The molecular formula is C9H8F3NO4. The molecule has 17 heavy (non-hydrogen) atoms. The molecule has 1 aromatic rings. The van der Waals surface area contributed by atoms with Gasteiger partial charge in [-0.1, -0.05) is 0 Å². The number of carbonyl (C=O) groups excluding carboxylic acids is 2. The quantitative estimate of drug-likeness (QED) is 0.637. The Hall–Kier alpha value is -1.99. The first-order valence-electron chi connectivity index (χ1n) is 4.39. The molecule has 0 fully saturated rings. The fraction of sp³-hybridized carbons (Fsp3) is 0.333. The molecule has 0 unspecified atom stereocenters. The zero-order valence-corrected chi connectivity index (χ0v) is 8.58. The molecule has 0 saturated carbocycles. The highest BCUT2D eigenvalue weighted by molar-refractivity contribution is 5.91. The van der Waals surface area contributed by atoms with E-state index in [4.69, 9.17) is 5.73 Å². The number of anilines is 1. The Morgan fingerprint density at radius 2 is 2.06 bits per heavy atom. The molecule has 5 nitrogen and oxygen atoms in total. The van der Waals surface area contributed by atoms with Crippen molar-refractivity contribution in [2.45, 2.75) is 19.0 Å². The molecule has 2 N–H and O–H groups in total. The van der Waals surface area contributed by atoms with Crippen molar-refractivity contribution in [1.29, 1.82) is 0 Å². The van der Waals surface area contributed by atoms with Gasteiger partial charge < -0.3 is 14.9 Å². The zero-order valence-electron chi connectivity index (χ0n) is 8.58. The van der Waals surface area contributed by atoms with E-state index in [1.54, 1.807) is 0 Å². The predicted octanol–water partition coefficient (Wildman–Crippen LogP) is 1.60. The van der Waals surface area contributed by atoms with E-state index in [1.165, 1.54) is 19.3 Å². The molecule has 0 aliphatic carbocycles. The van der Waals surface area contributed by atoms with Crippen LogP contribution in [0.25, 0.3) is 0 Å². The Labute approximate surface area is 93.3 Å². The average Bonchev–Trinajstić information content (AvgIpc) is 2.61. The maximum absolute atomic E-state index is 11.8. The number of nitrogens with two attached hydrogens (primary N) is 1. The molecule has 0 amide bonds. The van der Waals surface area contributed by atoms with E-state index in [2.05, 4.69) is 9.15 Å². The van der Waals surface area contributed by atoms with Gasteiger partial charge in [0.05, 0.1) is 12.2 Å². The van der Waals surface area contributed by atoms with Crippen LogP contribution in [0, 0.1) is 0 Å². The van der Waals surface area contributed by atoms with Crippen LogP contribution in [0.2, 0.25) is 0 Å². The third-order valence-electron chi connectivity index (χ3n) is 1.97. The highest BCUT2D eigenvalue weighted by atomic mass is 19.4. The predicted molar refractivity (Wildman–Crippen MR) is 48.7 cm³/mol. The molecule has 0 saturated heterocycles. The van der Waals surface area contributed by atoms with Gasteiger partial charge in [0, 0.05) is 5.56 Å². The van der Waals surface area contributed by atoms with Crippen molar-refractivity contribution >= 4 is 17.8 Å². The van der Waals surface area contributed by atoms with Gasteiger partial charge in [-0.2, -0.15) is 13.2 Å². The Kier molecular flexibility index (Phi) is 3.45. The number of alkyl halides is 3. The van der Waals surface area contributed by atoms with Crippen LogP contribution in [0.4, 0.5) is 19.1 Å². The van der Waals surface area contributed by atoms with Crippen molar-refractivity contribution in [1.82, 2.24) is 0 Å². The van der Waals surface area contributed by atoms with E-state index in [0.29, 0.717) is 0 Å². The molecule has 0 bridgehead atoms. The second kappa shape index (κ2) is 4.48. The molecule has 1 aromatic heterocycles. The third kappa shape index (κ3) is 2.99. The van der Waals surface area contributed by atoms with Crippen LogP contribution in [-0.2, 0) is 14.3 Å². The summed E-state index contributed by atoms with van der Waals surface area (Å²) >= 11 is 0. The normalized spacial score (nSPS) is 13.2. The maximum Gasteiger partial charge on any atom is 0.491 e. The minimum absolute atomic E-state index is 0.117. The summed E-state index contributed by atoms with van der Waals surface area (Å²) in [6.07, 6.45) is -4.04. The number of furan rings is 1. The lowest BCUT2D eigenvalue weighted by molar-refractivity contribution is -0.202. The smallest absolute Gasteiger partial charge is 0.449 e. The SMILES string of the molecule is C[C@H](C(=O)OC(=O)C(F)(F)F)c1ccoc1N. The minimum Gasteiger partial charge on any atom is -0.449 e. The average molecular weight is 251 g/mol. The summed E-state index contributed by atoms with van der Waals surface area (Å²) in [4.78, 5) is 21.6. The first kappa shape index (κ1) is 13.1. The first-order valence-corrected chi connectivity index (χ1v) is 4.39. The molecule has 8 heteroatoms. The van der Waals surface area contributed by atoms with Crippen molar-refractivity contribution in [2.24, 2.45) is 0 Å². The van der Waals surface area contributed by atoms with Crippen LogP contribution in [0.1, 0.15) is 18.4 Å². The van der Waals surface area contributed by atoms with Crippen molar-refractivity contribution in [3.05, 3.63) is 17.9 Å². The number of halogens is 3. The fourth-order valence-electron chi connectivity index (χ4n) is 1.05. The second-order valence-corrected chi connectivity index (χ2v) is 3.17. The molecule has 0 aliphatic rings. The fourth-order valence-corrected chi connectivity index (χ4v) is 1.05. The highest BCUT2D eigenvalue weighted by Crippen LogP contribution is 2.25. The van der Waals surface area contributed by atoms with Crippen LogP contribution in [0.3, 0.4) is 0 Å². The molecule has 94 valence electrons. The lowest BCUT2D eigenvalue weighted by Gasteiger charge is -2.10. The van der Waals surface area contributed by atoms with E-state index in [0.717, 1.165) is 0 Å². The van der Waals surface area contributed by atoms with E-state index in [9.17, 15) is 22.8 Å². The Balaban J connectivity index is 2.73. The van der Waals surface area contributed by atoms with Crippen LogP contribution >= 0.6 is 0 Å². The Bertz CT molecular complexity index is 438. The standard InChI is InChI=1S/C9H8F3NO4/c1-4(5-2-3-16-6(5)13)7(14)17-8(15)9(10,11)12/h2-4H,13H2,1H3/t4-/m0/s1. The largest absolute Gasteiger partial charge is 0.491 e. The van der Waals surface area contributed by atoms with Crippen molar-refractivity contribution in [3.8, 4) is 0 Å². The zero-order chi connectivity index (χ0) is 13.2. The van der Waals surface area contributed by atoms with Gasteiger partial charge in [0.1, 0.15) is 0 Å².